The summed E-state index contributed by atoms with van der Waals surface area (Å²) in [6, 6.07) is 6.16. The lowest BCUT2D eigenvalue weighted by atomic mass is 10.1. The zero-order chi connectivity index (χ0) is 22.9. The molecular weight excluding hydrogens is 454 g/mol. The molecule has 0 unspecified atom stereocenters. The van der Waals surface area contributed by atoms with Gasteiger partial charge < -0.3 is 14.2 Å². The van der Waals surface area contributed by atoms with E-state index in [-0.39, 0.29) is 23.4 Å². The molecule has 0 N–H and O–H groups in total. The topological polar surface area (TPSA) is 133 Å². The maximum atomic E-state index is 12.8. The first kappa shape index (κ1) is 22.8. The van der Waals surface area contributed by atoms with E-state index in [1.165, 1.54) is 19.2 Å². The van der Waals surface area contributed by atoms with Gasteiger partial charge in [0.15, 0.2) is 15.2 Å². The third-order valence-corrected chi connectivity index (χ3v) is 7.20. The molecule has 0 saturated carbocycles. The first-order valence-electron chi connectivity index (χ1n) is 8.95. The zero-order valence-corrected chi connectivity index (χ0v) is 18.1. The van der Waals surface area contributed by atoms with Crippen molar-refractivity contribution >= 4 is 45.3 Å². The van der Waals surface area contributed by atoms with Crippen molar-refractivity contribution in [3.63, 3.8) is 0 Å². The lowest BCUT2D eigenvalue weighted by molar-refractivity contribution is -0.150. The molecule has 1 aromatic rings. The Labute approximate surface area is 182 Å². The summed E-state index contributed by atoms with van der Waals surface area (Å²) in [6.07, 6.45) is 0. The summed E-state index contributed by atoms with van der Waals surface area (Å²) in [7, 11) is -2.66. The van der Waals surface area contributed by atoms with Crippen molar-refractivity contribution in [2.75, 3.05) is 19.5 Å². The van der Waals surface area contributed by atoms with Crippen molar-refractivity contribution in [2.45, 2.75) is 24.3 Å². The van der Waals surface area contributed by atoms with Gasteiger partial charge in [0.1, 0.15) is 24.3 Å². The Balaban J connectivity index is 1.87. The molecule has 0 aliphatic carbocycles. The molecule has 2 atom stereocenters. The summed E-state index contributed by atoms with van der Waals surface area (Å²) in [4.78, 5) is 48.6. The molecule has 2 heterocycles. The summed E-state index contributed by atoms with van der Waals surface area (Å²) >= 11 is 5.86. The summed E-state index contributed by atoms with van der Waals surface area (Å²) < 4.78 is 39.7. The number of methoxy groups -OCH3 is 1. The molecule has 3 rings (SSSR count). The predicted molar refractivity (Wildman–Crippen MR) is 105 cm³/mol. The van der Waals surface area contributed by atoms with Gasteiger partial charge in [-0.1, -0.05) is 12.1 Å². The quantitative estimate of drug-likeness (QED) is 0.252. The number of sulfone groups is 1. The maximum Gasteiger partial charge on any atom is 0.355 e. The average molecular weight is 472 g/mol. The van der Waals surface area contributed by atoms with Crippen molar-refractivity contribution in [3.8, 4) is 0 Å². The third kappa shape index (κ3) is 4.42. The number of fused-ring (bicyclic) bond motifs is 1. The number of nitrogens with zero attached hydrogens (tertiary/aromatic N) is 1. The number of halogens is 1. The van der Waals surface area contributed by atoms with Gasteiger partial charge in [-0.2, -0.15) is 0 Å². The molecule has 0 spiro atoms. The van der Waals surface area contributed by atoms with Gasteiger partial charge in [0, 0.05) is 12.5 Å². The van der Waals surface area contributed by atoms with E-state index < -0.39 is 56.8 Å². The summed E-state index contributed by atoms with van der Waals surface area (Å²) in [5.74, 6) is -3.62. The molecule has 2 aliphatic rings. The van der Waals surface area contributed by atoms with Crippen LogP contribution in [0.2, 0.25) is 0 Å². The zero-order valence-electron chi connectivity index (χ0n) is 16.5. The summed E-state index contributed by atoms with van der Waals surface area (Å²) in [5, 5.41) is -2.72. The van der Waals surface area contributed by atoms with E-state index in [9.17, 15) is 27.6 Å². The number of hydrogen-bond acceptors (Lipinski definition) is 9. The van der Waals surface area contributed by atoms with Crippen LogP contribution in [0, 0.1) is 0 Å². The Bertz CT molecular complexity index is 1100. The Morgan fingerprint density at radius 3 is 2.52 bits per heavy atom. The molecule has 0 radical (unpaired) electrons. The van der Waals surface area contributed by atoms with Crippen molar-refractivity contribution in [3.05, 3.63) is 46.7 Å². The minimum atomic E-state index is -3.89. The fourth-order valence-electron chi connectivity index (χ4n) is 3.24. The minimum Gasteiger partial charge on any atom is -0.465 e. The monoisotopic (exact) mass is 471 g/mol. The number of hydrogen-bond donors (Lipinski definition) is 0. The number of carbonyl (C=O) groups is 4. The molecule has 0 bridgehead atoms. The Morgan fingerprint density at radius 1 is 1.16 bits per heavy atom. The molecule has 166 valence electrons. The van der Waals surface area contributed by atoms with Crippen molar-refractivity contribution in [1.82, 2.24) is 4.90 Å². The van der Waals surface area contributed by atoms with E-state index in [2.05, 4.69) is 4.74 Å². The first-order valence-corrected chi connectivity index (χ1v) is 11.1. The molecule has 12 heteroatoms. The van der Waals surface area contributed by atoms with Crippen LogP contribution in [0.5, 0.6) is 0 Å². The fraction of sp³-hybridized carbons (Fsp3) is 0.368. The van der Waals surface area contributed by atoms with Gasteiger partial charge in [0.25, 0.3) is 0 Å². The standard InChI is InChI=1S/C19H18ClNO9S/c1-10(22)29-8-13-9-31(26,27)17-14(20)16(23)21(17)15(13)19(25)30-7-11-4-3-5-12(6-11)18(24)28-2/h3-6,14,17H,7-9H2,1-2H3/t14-,17+/m0/s1. The van der Waals surface area contributed by atoms with Crippen LogP contribution >= 0.6 is 11.6 Å². The second-order valence-corrected chi connectivity index (χ2v) is 9.38. The highest BCUT2D eigenvalue weighted by Crippen LogP contribution is 2.39. The van der Waals surface area contributed by atoms with Crippen LogP contribution in [0.3, 0.4) is 0 Å². The molecule has 0 aromatic heterocycles. The van der Waals surface area contributed by atoms with Crippen LogP contribution in [-0.4, -0.2) is 67.4 Å². The summed E-state index contributed by atoms with van der Waals surface area (Å²) in [6.45, 7) is 0.356. The smallest absolute Gasteiger partial charge is 0.355 e. The van der Waals surface area contributed by atoms with Crippen LogP contribution in [-0.2, 0) is 45.0 Å². The van der Waals surface area contributed by atoms with E-state index >= 15 is 0 Å². The van der Waals surface area contributed by atoms with Crippen molar-refractivity contribution < 1.29 is 41.8 Å². The number of β-lactam (4-membered cyclic amide) rings is 1. The molecule has 1 saturated heterocycles. The number of carbonyl (C=O) groups excluding carboxylic acids is 4. The number of esters is 3. The molecule has 1 amide bonds. The van der Waals surface area contributed by atoms with E-state index in [0.717, 1.165) is 11.8 Å². The summed E-state index contributed by atoms with van der Waals surface area (Å²) in [5.41, 5.74) is 0.310. The van der Waals surface area contributed by atoms with Gasteiger partial charge >= 0.3 is 17.9 Å². The number of amides is 1. The predicted octanol–water partition coefficient (Wildman–Crippen LogP) is 0.538. The lowest BCUT2D eigenvalue weighted by Crippen LogP contribution is -2.68. The largest absolute Gasteiger partial charge is 0.465 e. The van der Waals surface area contributed by atoms with Gasteiger partial charge in [-0.15, -0.1) is 11.6 Å². The van der Waals surface area contributed by atoms with E-state index in [1.54, 1.807) is 12.1 Å². The maximum absolute atomic E-state index is 12.8. The van der Waals surface area contributed by atoms with E-state index in [1.807, 2.05) is 0 Å². The second kappa shape index (κ2) is 8.67. The highest BCUT2D eigenvalue weighted by molar-refractivity contribution is 7.92. The molecule has 31 heavy (non-hydrogen) atoms. The van der Waals surface area contributed by atoms with Crippen molar-refractivity contribution in [1.29, 1.82) is 0 Å². The number of alkyl halides is 1. The fourth-order valence-corrected chi connectivity index (χ4v) is 5.82. The molecule has 1 aromatic carbocycles. The van der Waals surface area contributed by atoms with Crippen LogP contribution in [0.1, 0.15) is 22.8 Å². The van der Waals surface area contributed by atoms with Gasteiger partial charge in [-0.3, -0.25) is 14.5 Å². The Morgan fingerprint density at radius 2 is 1.87 bits per heavy atom. The van der Waals surface area contributed by atoms with Crippen LogP contribution in [0.25, 0.3) is 0 Å². The number of ether oxygens (including phenoxy) is 3. The van der Waals surface area contributed by atoms with E-state index in [4.69, 9.17) is 21.1 Å². The first-order chi connectivity index (χ1) is 14.6. The molecular formula is C19H18ClNO9S. The minimum absolute atomic E-state index is 0.0864. The molecule has 10 nitrogen and oxygen atoms in total. The van der Waals surface area contributed by atoms with Crippen molar-refractivity contribution in [2.24, 2.45) is 0 Å². The average Bonchev–Trinajstić information content (AvgIpc) is 2.73. The molecule has 1 fully saturated rings. The Kier molecular flexibility index (Phi) is 6.37. The number of rotatable bonds is 6. The highest BCUT2D eigenvalue weighted by Gasteiger charge is 2.59. The molecule has 2 aliphatic heterocycles. The van der Waals surface area contributed by atoms with Gasteiger partial charge in [0.05, 0.1) is 18.4 Å². The normalized spacial score (nSPS) is 21.6. The van der Waals surface area contributed by atoms with Crippen LogP contribution in [0.4, 0.5) is 0 Å². The van der Waals surface area contributed by atoms with Crippen LogP contribution < -0.4 is 0 Å². The lowest BCUT2D eigenvalue weighted by Gasteiger charge is -2.46. The highest BCUT2D eigenvalue weighted by atomic mass is 35.5. The Hall–Kier alpha value is -2.92. The number of benzene rings is 1. The van der Waals surface area contributed by atoms with Crippen LogP contribution in [0.15, 0.2) is 35.5 Å². The third-order valence-electron chi connectivity index (χ3n) is 4.66. The second-order valence-electron chi connectivity index (χ2n) is 6.81. The van der Waals surface area contributed by atoms with E-state index in [0.29, 0.717) is 5.56 Å². The van der Waals surface area contributed by atoms with Gasteiger partial charge in [0.2, 0.25) is 5.91 Å². The van der Waals surface area contributed by atoms with Gasteiger partial charge in [-0.05, 0) is 17.7 Å². The van der Waals surface area contributed by atoms with Gasteiger partial charge in [-0.25, -0.2) is 18.0 Å². The SMILES string of the molecule is COC(=O)c1cccc(COC(=O)C2=C(COC(C)=O)CS(=O)(=O)[C@@H]3[C@@H](Cl)C(=O)N23)c1.